The number of halogens is 2. The third-order valence-electron chi connectivity index (χ3n) is 4.89. The molecule has 0 unspecified atom stereocenters. The van der Waals surface area contributed by atoms with E-state index in [9.17, 15) is 13.6 Å². The highest BCUT2D eigenvalue weighted by Gasteiger charge is 2.43. The normalized spacial score (nSPS) is 14.6. The van der Waals surface area contributed by atoms with Crippen molar-refractivity contribution in [2.45, 2.75) is 39.5 Å². The van der Waals surface area contributed by atoms with Crippen LogP contribution < -0.4 is 14.3 Å². The number of carbonyl (C=O) groups excluding carboxylic acids is 1. The first kappa shape index (κ1) is 22.0. The van der Waals surface area contributed by atoms with Gasteiger partial charge in [-0.15, -0.1) is 20.1 Å². The molecule has 3 aromatic rings. The number of hydrogen-bond acceptors (Lipinski definition) is 4. The summed E-state index contributed by atoms with van der Waals surface area (Å²) in [7, 11) is 0. The average Bonchev–Trinajstić information content (AvgIpc) is 3.28. The minimum atomic E-state index is -3.68. The molecule has 0 bridgehead atoms. The van der Waals surface area contributed by atoms with Crippen molar-refractivity contribution in [1.82, 2.24) is 9.47 Å². The Morgan fingerprint density at radius 3 is 2.66 bits per heavy atom. The SMILES string of the molecule is CCCCN(Cc1ccccc1)C(=O)N=c1sc(C)cn1-c1ccc2c(c1)OC(F)(F)O2. The number of rotatable bonds is 6. The standard InChI is InChI=1S/C23H23F2N3O3S/c1-3-4-12-27(15-17-8-6-5-7-9-17)21(29)26-22-28(14-16(2)32-22)18-10-11-19-20(13-18)31-23(24,25)30-19/h5-11,13-14H,3-4,12,15H2,1-2H3. The van der Waals surface area contributed by atoms with Crippen molar-refractivity contribution in [3.05, 3.63) is 70.0 Å². The molecule has 0 atom stereocenters. The molecule has 168 valence electrons. The number of ether oxygens (including phenoxy) is 2. The number of urea groups is 1. The van der Waals surface area contributed by atoms with Crippen molar-refractivity contribution in [3.8, 4) is 17.2 Å². The second-order valence-corrected chi connectivity index (χ2v) is 8.66. The van der Waals surface area contributed by atoms with Gasteiger partial charge in [0.05, 0.1) is 5.69 Å². The van der Waals surface area contributed by atoms with Gasteiger partial charge in [0.15, 0.2) is 16.3 Å². The fourth-order valence-corrected chi connectivity index (χ4v) is 4.18. The smallest absolute Gasteiger partial charge is 0.395 e. The number of unbranched alkanes of at least 4 members (excludes halogenated alkanes) is 1. The summed E-state index contributed by atoms with van der Waals surface area (Å²) in [6.45, 7) is 5.02. The van der Waals surface area contributed by atoms with Crippen molar-refractivity contribution in [1.29, 1.82) is 0 Å². The van der Waals surface area contributed by atoms with Gasteiger partial charge in [0.25, 0.3) is 0 Å². The lowest BCUT2D eigenvalue weighted by Crippen LogP contribution is -2.31. The molecule has 0 spiro atoms. The topological polar surface area (TPSA) is 56.1 Å². The van der Waals surface area contributed by atoms with Crippen LogP contribution in [0.5, 0.6) is 11.5 Å². The molecule has 4 rings (SSSR count). The summed E-state index contributed by atoms with van der Waals surface area (Å²) in [6, 6.07) is 13.9. The molecule has 1 aliphatic rings. The highest BCUT2D eigenvalue weighted by molar-refractivity contribution is 7.09. The maximum absolute atomic E-state index is 13.4. The molecule has 6 nitrogen and oxygen atoms in total. The number of amides is 2. The monoisotopic (exact) mass is 459 g/mol. The first-order valence-corrected chi connectivity index (χ1v) is 11.1. The number of nitrogens with zero attached hydrogens (tertiary/aromatic N) is 3. The Hall–Kier alpha value is -3.20. The van der Waals surface area contributed by atoms with E-state index in [4.69, 9.17) is 0 Å². The van der Waals surface area contributed by atoms with Crippen LogP contribution >= 0.6 is 11.3 Å². The highest BCUT2D eigenvalue weighted by atomic mass is 32.1. The Morgan fingerprint density at radius 1 is 1.16 bits per heavy atom. The van der Waals surface area contributed by atoms with Crippen molar-refractivity contribution in [2.24, 2.45) is 4.99 Å². The van der Waals surface area contributed by atoms with E-state index >= 15 is 0 Å². The second kappa shape index (κ2) is 9.12. The minimum Gasteiger partial charge on any atom is -0.395 e. The van der Waals surface area contributed by atoms with Crippen molar-refractivity contribution >= 4 is 17.4 Å². The molecule has 2 aromatic carbocycles. The molecular weight excluding hydrogens is 436 g/mol. The average molecular weight is 460 g/mol. The van der Waals surface area contributed by atoms with Crippen molar-refractivity contribution < 1.29 is 23.0 Å². The summed E-state index contributed by atoms with van der Waals surface area (Å²) in [4.78, 5) is 20.6. The number of carbonyl (C=O) groups is 1. The summed E-state index contributed by atoms with van der Waals surface area (Å²) >= 11 is 1.35. The molecule has 0 saturated heterocycles. The van der Waals surface area contributed by atoms with Crippen LogP contribution in [0, 0.1) is 6.92 Å². The van der Waals surface area contributed by atoms with Gasteiger partial charge in [-0.05, 0) is 31.0 Å². The predicted octanol–water partition coefficient (Wildman–Crippen LogP) is 5.49. The van der Waals surface area contributed by atoms with Crippen LogP contribution in [0.4, 0.5) is 13.6 Å². The lowest BCUT2D eigenvalue weighted by molar-refractivity contribution is -0.286. The fraction of sp³-hybridized carbons (Fsp3) is 0.304. The molecule has 9 heteroatoms. The number of thiazole rings is 1. The Balaban J connectivity index is 1.65. The van der Waals surface area contributed by atoms with Gasteiger partial charge in [-0.3, -0.25) is 4.57 Å². The maximum atomic E-state index is 13.4. The van der Waals surface area contributed by atoms with Crippen LogP contribution in [-0.2, 0) is 6.54 Å². The van der Waals surface area contributed by atoms with Gasteiger partial charge in [-0.1, -0.05) is 43.7 Å². The maximum Gasteiger partial charge on any atom is 0.586 e. The third-order valence-corrected chi connectivity index (χ3v) is 5.79. The molecule has 0 radical (unpaired) electrons. The molecule has 1 aliphatic heterocycles. The van der Waals surface area contributed by atoms with Gasteiger partial charge >= 0.3 is 12.3 Å². The zero-order chi connectivity index (χ0) is 22.7. The Morgan fingerprint density at radius 2 is 1.91 bits per heavy atom. The second-order valence-electron chi connectivity index (χ2n) is 7.45. The van der Waals surface area contributed by atoms with Crippen LogP contribution in [0.2, 0.25) is 0 Å². The molecule has 2 amide bonds. The van der Waals surface area contributed by atoms with Gasteiger partial charge in [-0.2, -0.15) is 4.99 Å². The molecule has 0 N–H and O–H groups in total. The number of benzene rings is 2. The molecule has 0 aliphatic carbocycles. The van der Waals surface area contributed by atoms with Gasteiger partial charge in [0.2, 0.25) is 0 Å². The van der Waals surface area contributed by atoms with Crippen LogP contribution in [0.1, 0.15) is 30.2 Å². The Labute approximate surface area is 188 Å². The summed E-state index contributed by atoms with van der Waals surface area (Å²) in [5.41, 5.74) is 1.57. The molecule has 2 heterocycles. The van der Waals surface area contributed by atoms with Gasteiger partial charge in [0, 0.05) is 30.2 Å². The van der Waals surface area contributed by atoms with Crippen molar-refractivity contribution in [3.63, 3.8) is 0 Å². The van der Waals surface area contributed by atoms with E-state index in [1.54, 1.807) is 21.7 Å². The van der Waals surface area contributed by atoms with E-state index in [0.717, 1.165) is 23.3 Å². The van der Waals surface area contributed by atoms with Crippen molar-refractivity contribution in [2.75, 3.05) is 6.54 Å². The van der Waals surface area contributed by atoms with E-state index in [2.05, 4.69) is 21.4 Å². The lowest BCUT2D eigenvalue weighted by Gasteiger charge is -2.20. The zero-order valence-electron chi connectivity index (χ0n) is 17.8. The highest BCUT2D eigenvalue weighted by Crippen LogP contribution is 2.41. The lowest BCUT2D eigenvalue weighted by atomic mass is 10.2. The first-order chi connectivity index (χ1) is 15.3. The molecule has 0 saturated carbocycles. The minimum absolute atomic E-state index is 0.0329. The Bertz CT molecular complexity index is 1170. The number of hydrogen-bond donors (Lipinski definition) is 0. The van der Waals surface area contributed by atoms with Gasteiger partial charge in [0.1, 0.15) is 0 Å². The summed E-state index contributed by atoms with van der Waals surface area (Å²) in [5, 5.41) is 0. The van der Waals surface area contributed by atoms with E-state index in [0.29, 0.717) is 23.6 Å². The fourth-order valence-electron chi connectivity index (χ4n) is 3.35. The zero-order valence-corrected chi connectivity index (χ0v) is 18.6. The van der Waals surface area contributed by atoms with Gasteiger partial charge in [-0.25, -0.2) is 4.79 Å². The van der Waals surface area contributed by atoms with Crippen LogP contribution in [-0.4, -0.2) is 28.3 Å². The predicted molar refractivity (Wildman–Crippen MR) is 117 cm³/mol. The van der Waals surface area contributed by atoms with Crippen LogP contribution in [0.25, 0.3) is 5.69 Å². The number of aromatic nitrogens is 1. The molecule has 32 heavy (non-hydrogen) atoms. The van der Waals surface area contributed by atoms with E-state index in [1.807, 2.05) is 37.3 Å². The largest absolute Gasteiger partial charge is 0.586 e. The summed E-state index contributed by atoms with van der Waals surface area (Å²) < 4.78 is 37.5. The van der Waals surface area contributed by atoms with Gasteiger partial charge < -0.3 is 14.4 Å². The summed E-state index contributed by atoms with van der Waals surface area (Å²) in [6.07, 6.45) is -0.0525. The third kappa shape index (κ3) is 4.99. The quantitative estimate of drug-likeness (QED) is 0.490. The van der Waals surface area contributed by atoms with Crippen LogP contribution in [0.15, 0.2) is 59.7 Å². The number of alkyl halides is 2. The first-order valence-electron chi connectivity index (χ1n) is 10.3. The molecule has 1 aromatic heterocycles. The molecule has 0 fully saturated rings. The summed E-state index contributed by atoms with van der Waals surface area (Å²) in [5.74, 6) is -0.0933. The molecular formula is C23H23F2N3O3S. The Kier molecular flexibility index (Phi) is 6.27. The van der Waals surface area contributed by atoms with Crippen LogP contribution in [0.3, 0.4) is 0 Å². The van der Waals surface area contributed by atoms with E-state index in [1.165, 1.54) is 23.5 Å². The van der Waals surface area contributed by atoms with E-state index < -0.39 is 6.29 Å². The van der Waals surface area contributed by atoms with E-state index in [-0.39, 0.29) is 17.5 Å². The number of fused-ring (bicyclic) bond motifs is 1. The number of aryl methyl sites for hydroxylation is 1.